The van der Waals surface area contributed by atoms with Crippen molar-refractivity contribution in [1.29, 1.82) is 0 Å². The number of hydrogen-bond acceptors (Lipinski definition) is 4. The summed E-state index contributed by atoms with van der Waals surface area (Å²) >= 11 is 0. The van der Waals surface area contributed by atoms with Crippen LogP contribution in [0, 0.1) is 0 Å². The molecule has 0 saturated heterocycles. The van der Waals surface area contributed by atoms with Crippen molar-refractivity contribution in [2.45, 2.75) is 19.6 Å². The van der Waals surface area contributed by atoms with E-state index >= 15 is 0 Å². The standard InChI is InChI=1S/C15H25NO4S/c1-3-19-12-10-16(11-13-20-4-2)21(17,18)14-15-8-6-5-7-9-15/h5-9H,3-4,10-14H2,1-2H3. The summed E-state index contributed by atoms with van der Waals surface area (Å²) in [5.41, 5.74) is 0.787. The fourth-order valence-electron chi connectivity index (χ4n) is 1.89. The molecule has 0 aromatic heterocycles. The van der Waals surface area contributed by atoms with Gasteiger partial charge in [-0.05, 0) is 19.4 Å². The van der Waals surface area contributed by atoms with Crippen LogP contribution in [0.3, 0.4) is 0 Å². The Balaban J connectivity index is 2.68. The second-order valence-corrected chi connectivity index (χ2v) is 6.50. The van der Waals surface area contributed by atoms with Crippen molar-refractivity contribution >= 4 is 10.0 Å². The molecule has 5 nitrogen and oxygen atoms in total. The van der Waals surface area contributed by atoms with Crippen molar-refractivity contribution in [2.24, 2.45) is 0 Å². The normalized spacial score (nSPS) is 12.0. The molecule has 0 unspecified atom stereocenters. The third kappa shape index (κ3) is 7.04. The highest BCUT2D eigenvalue weighted by Crippen LogP contribution is 2.10. The molecule has 1 aromatic rings. The molecule has 0 bridgehead atoms. The van der Waals surface area contributed by atoms with Gasteiger partial charge in [-0.25, -0.2) is 8.42 Å². The molecule has 0 heterocycles. The Morgan fingerprint density at radius 2 is 1.48 bits per heavy atom. The van der Waals surface area contributed by atoms with Crippen LogP contribution in [0.15, 0.2) is 30.3 Å². The van der Waals surface area contributed by atoms with Crippen molar-refractivity contribution in [3.8, 4) is 0 Å². The predicted molar refractivity (Wildman–Crippen MR) is 83.6 cm³/mol. The lowest BCUT2D eigenvalue weighted by molar-refractivity contribution is 0.110. The molecule has 0 amide bonds. The fraction of sp³-hybridized carbons (Fsp3) is 0.600. The van der Waals surface area contributed by atoms with Crippen molar-refractivity contribution in [1.82, 2.24) is 4.31 Å². The topological polar surface area (TPSA) is 55.8 Å². The van der Waals surface area contributed by atoms with Gasteiger partial charge in [0.05, 0.1) is 19.0 Å². The van der Waals surface area contributed by atoms with Crippen molar-refractivity contribution in [2.75, 3.05) is 39.5 Å². The second-order valence-electron chi connectivity index (χ2n) is 4.53. The number of benzene rings is 1. The van der Waals surface area contributed by atoms with Gasteiger partial charge in [-0.3, -0.25) is 0 Å². The maximum Gasteiger partial charge on any atom is 0.218 e. The minimum absolute atomic E-state index is 0.00604. The van der Waals surface area contributed by atoms with Gasteiger partial charge in [-0.1, -0.05) is 30.3 Å². The van der Waals surface area contributed by atoms with E-state index in [4.69, 9.17) is 9.47 Å². The third-order valence-electron chi connectivity index (χ3n) is 2.96. The summed E-state index contributed by atoms with van der Waals surface area (Å²) in [5.74, 6) is 0.00604. The minimum Gasteiger partial charge on any atom is -0.380 e. The largest absolute Gasteiger partial charge is 0.380 e. The first-order valence-corrected chi connectivity index (χ1v) is 8.88. The highest BCUT2D eigenvalue weighted by atomic mass is 32.2. The molecule has 0 atom stereocenters. The molecule has 0 N–H and O–H groups in total. The summed E-state index contributed by atoms with van der Waals surface area (Å²) in [5, 5.41) is 0. The molecule has 6 heteroatoms. The third-order valence-corrected chi connectivity index (χ3v) is 4.81. The van der Waals surface area contributed by atoms with Gasteiger partial charge in [0.2, 0.25) is 10.0 Å². The highest BCUT2D eigenvalue weighted by Gasteiger charge is 2.22. The summed E-state index contributed by atoms with van der Waals surface area (Å²) in [7, 11) is -3.36. The molecule has 1 rings (SSSR count). The van der Waals surface area contributed by atoms with Crippen molar-refractivity contribution < 1.29 is 17.9 Å². The van der Waals surface area contributed by atoms with Crippen LogP contribution in [-0.4, -0.2) is 52.2 Å². The Kier molecular flexibility index (Phi) is 8.52. The lowest BCUT2D eigenvalue weighted by atomic mass is 10.2. The van der Waals surface area contributed by atoms with E-state index in [-0.39, 0.29) is 5.75 Å². The summed E-state index contributed by atoms with van der Waals surface area (Å²) < 4.78 is 37.0. The van der Waals surface area contributed by atoms with Gasteiger partial charge in [-0.2, -0.15) is 4.31 Å². The highest BCUT2D eigenvalue weighted by molar-refractivity contribution is 7.88. The Labute approximate surface area is 127 Å². The number of rotatable bonds is 11. The molecule has 0 radical (unpaired) electrons. The van der Waals surface area contributed by atoms with Gasteiger partial charge < -0.3 is 9.47 Å². The monoisotopic (exact) mass is 315 g/mol. The van der Waals surface area contributed by atoms with Crippen LogP contribution in [-0.2, 0) is 25.2 Å². The first-order chi connectivity index (χ1) is 10.1. The molecule has 0 saturated carbocycles. The molecule has 120 valence electrons. The van der Waals surface area contributed by atoms with Crippen LogP contribution < -0.4 is 0 Å². The summed E-state index contributed by atoms with van der Waals surface area (Å²) in [6.07, 6.45) is 0. The average Bonchev–Trinajstić information content (AvgIpc) is 2.46. The predicted octanol–water partition coefficient (Wildman–Crippen LogP) is 1.89. The van der Waals surface area contributed by atoms with E-state index in [9.17, 15) is 8.42 Å². The summed E-state index contributed by atoms with van der Waals surface area (Å²) in [6, 6.07) is 9.20. The van der Waals surface area contributed by atoms with Gasteiger partial charge in [-0.15, -0.1) is 0 Å². The Morgan fingerprint density at radius 3 is 1.95 bits per heavy atom. The maximum absolute atomic E-state index is 12.5. The Morgan fingerprint density at radius 1 is 0.952 bits per heavy atom. The zero-order valence-electron chi connectivity index (χ0n) is 12.8. The van der Waals surface area contributed by atoms with Gasteiger partial charge in [0.1, 0.15) is 0 Å². The van der Waals surface area contributed by atoms with E-state index in [1.165, 1.54) is 4.31 Å². The van der Waals surface area contributed by atoms with E-state index in [1.807, 2.05) is 44.2 Å². The van der Waals surface area contributed by atoms with Gasteiger partial charge >= 0.3 is 0 Å². The van der Waals surface area contributed by atoms with Gasteiger partial charge in [0, 0.05) is 26.3 Å². The van der Waals surface area contributed by atoms with Crippen LogP contribution in [0.5, 0.6) is 0 Å². The van der Waals surface area contributed by atoms with Gasteiger partial charge in [0.15, 0.2) is 0 Å². The number of sulfonamides is 1. The number of nitrogens with zero attached hydrogens (tertiary/aromatic N) is 1. The van der Waals surface area contributed by atoms with E-state index in [0.29, 0.717) is 39.5 Å². The van der Waals surface area contributed by atoms with Crippen LogP contribution in [0.2, 0.25) is 0 Å². The van der Waals surface area contributed by atoms with Crippen LogP contribution in [0.25, 0.3) is 0 Å². The second kappa shape index (κ2) is 9.89. The quantitative estimate of drug-likeness (QED) is 0.585. The SMILES string of the molecule is CCOCCN(CCOCC)S(=O)(=O)Cc1ccccc1. The van der Waals surface area contributed by atoms with Crippen molar-refractivity contribution in [3.05, 3.63) is 35.9 Å². The Bertz CT molecular complexity index is 466. The van der Waals surface area contributed by atoms with E-state index < -0.39 is 10.0 Å². The zero-order chi connectivity index (χ0) is 15.6. The van der Waals surface area contributed by atoms with E-state index in [1.54, 1.807) is 0 Å². The summed E-state index contributed by atoms with van der Waals surface area (Å²) in [6.45, 7) is 6.46. The molecule has 0 spiro atoms. The first-order valence-electron chi connectivity index (χ1n) is 7.27. The molecule has 1 aromatic carbocycles. The smallest absolute Gasteiger partial charge is 0.218 e. The van der Waals surface area contributed by atoms with E-state index in [2.05, 4.69) is 0 Å². The molecule has 0 aliphatic rings. The van der Waals surface area contributed by atoms with Crippen molar-refractivity contribution in [3.63, 3.8) is 0 Å². The number of hydrogen-bond donors (Lipinski definition) is 0. The lowest BCUT2D eigenvalue weighted by Crippen LogP contribution is -2.37. The zero-order valence-corrected chi connectivity index (χ0v) is 13.6. The fourth-order valence-corrected chi connectivity index (χ4v) is 3.39. The lowest BCUT2D eigenvalue weighted by Gasteiger charge is -2.22. The van der Waals surface area contributed by atoms with Crippen LogP contribution >= 0.6 is 0 Å². The summed E-state index contributed by atoms with van der Waals surface area (Å²) in [4.78, 5) is 0. The first kappa shape index (κ1) is 18.1. The molecule has 0 fully saturated rings. The molecule has 21 heavy (non-hydrogen) atoms. The molecular weight excluding hydrogens is 290 g/mol. The van der Waals surface area contributed by atoms with E-state index in [0.717, 1.165) is 5.56 Å². The molecular formula is C15H25NO4S. The number of ether oxygens (including phenoxy) is 2. The Hall–Kier alpha value is -0.950. The van der Waals surface area contributed by atoms with Gasteiger partial charge in [0.25, 0.3) is 0 Å². The molecule has 0 aliphatic carbocycles. The van der Waals surface area contributed by atoms with Crippen LogP contribution in [0.4, 0.5) is 0 Å². The van der Waals surface area contributed by atoms with Crippen LogP contribution in [0.1, 0.15) is 19.4 Å². The minimum atomic E-state index is -3.36. The molecule has 0 aliphatic heterocycles. The maximum atomic E-state index is 12.5. The average molecular weight is 315 g/mol.